The SMILES string of the molecule is Cc1ccc(Cn2c(=O)c(C(=O)Nc3ccc(F)cc3)nn(-c3ccc(C)cc3)c2=O)cc1. The van der Waals surface area contributed by atoms with Crippen molar-refractivity contribution in [1.82, 2.24) is 14.3 Å². The monoisotopic (exact) mass is 444 g/mol. The van der Waals surface area contributed by atoms with Crippen molar-refractivity contribution in [2.24, 2.45) is 0 Å². The van der Waals surface area contributed by atoms with Crippen LogP contribution in [-0.2, 0) is 6.54 Å². The fourth-order valence-electron chi connectivity index (χ4n) is 3.25. The summed E-state index contributed by atoms with van der Waals surface area (Å²) in [4.78, 5) is 39.3. The molecule has 4 aromatic rings. The molecule has 0 bridgehead atoms. The highest BCUT2D eigenvalue weighted by molar-refractivity contribution is 6.02. The van der Waals surface area contributed by atoms with Gasteiger partial charge in [-0.2, -0.15) is 9.78 Å². The van der Waals surface area contributed by atoms with Crippen LogP contribution in [0.3, 0.4) is 0 Å². The van der Waals surface area contributed by atoms with Gasteiger partial charge in [-0.15, -0.1) is 0 Å². The Bertz CT molecular complexity index is 1420. The Morgan fingerprint density at radius 1 is 0.879 bits per heavy atom. The van der Waals surface area contributed by atoms with Gasteiger partial charge in [0.15, 0.2) is 0 Å². The first-order valence-electron chi connectivity index (χ1n) is 10.3. The third-order valence-corrected chi connectivity index (χ3v) is 5.12. The molecule has 0 saturated heterocycles. The molecular weight excluding hydrogens is 423 g/mol. The maximum Gasteiger partial charge on any atom is 0.352 e. The van der Waals surface area contributed by atoms with Crippen LogP contribution in [0.2, 0.25) is 0 Å². The van der Waals surface area contributed by atoms with Gasteiger partial charge in [0.05, 0.1) is 12.2 Å². The van der Waals surface area contributed by atoms with Crippen molar-refractivity contribution in [3.8, 4) is 5.69 Å². The average Bonchev–Trinajstić information content (AvgIpc) is 2.80. The maximum absolute atomic E-state index is 13.2. The van der Waals surface area contributed by atoms with E-state index in [0.717, 1.165) is 25.9 Å². The number of halogens is 1. The molecule has 0 atom stereocenters. The fourth-order valence-corrected chi connectivity index (χ4v) is 3.25. The summed E-state index contributed by atoms with van der Waals surface area (Å²) in [5.74, 6) is -1.26. The van der Waals surface area contributed by atoms with E-state index in [1.54, 1.807) is 24.3 Å². The number of nitrogens with zero attached hydrogens (tertiary/aromatic N) is 3. The highest BCUT2D eigenvalue weighted by Gasteiger charge is 2.21. The predicted molar refractivity (Wildman–Crippen MR) is 123 cm³/mol. The van der Waals surface area contributed by atoms with E-state index in [-0.39, 0.29) is 6.54 Å². The molecule has 166 valence electrons. The van der Waals surface area contributed by atoms with Crippen molar-refractivity contribution < 1.29 is 9.18 Å². The molecule has 4 rings (SSSR count). The van der Waals surface area contributed by atoms with Crippen LogP contribution in [0.5, 0.6) is 0 Å². The van der Waals surface area contributed by atoms with Crippen LogP contribution in [0.15, 0.2) is 82.4 Å². The van der Waals surface area contributed by atoms with Crippen LogP contribution in [0.1, 0.15) is 27.2 Å². The molecule has 0 aliphatic rings. The molecule has 1 N–H and O–H groups in total. The Labute approximate surface area is 188 Å². The Morgan fingerprint density at radius 3 is 2.06 bits per heavy atom. The Hall–Kier alpha value is -4.33. The molecule has 0 fully saturated rings. The number of aryl methyl sites for hydroxylation is 2. The van der Waals surface area contributed by atoms with E-state index in [2.05, 4.69) is 10.4 Å². The van der Waals surface area contributed by atoms with Gasteiger partial charge in [-0.25, -0.2) is 9.18 Å². The summed E-state index contributed by atoms with van der Waals surface area (Å²) in [6.45, 7) is 3.81. The van der Waals surface area contributed by atoms with Crippen LogP contribution in [-0.4, -0.2) is 20.3 Å². The lowest BCUT2D eigenvalue weighted by atomic mass is 10.1. The average molecular weight is 444 g/mol. The zero-order valence-electron chi connectivity index (χ0n) is 18.1. The number of hydrogen-bond donors (Lipinski definition) is 1. The summed E-state index contributed by atoms with van der Waals surface area (Å²) < 4.78 is 15.2. The van der Waals surface area contributed by atoms with Gasteiger partial charge < -0.3 is 5.32 Å². The maximum atomic E-state index is 13.2. The molecule has 1 aromatic heterocycles. The third kappa shape index (κ3) is 4.79. The second kappa shape index (κ2) is 9.04. The van der Waals surface area contributed by atoms with Crippen molar-refractivity contribution in [3.05, 3.63) is 122 Å². The van der Waals surface area contributed by atoms with Gasteiger partial charge in [0.25, 0.3) is 11.5 Å². The van der Waals surface area contributed by atoms with E-state index in [0.29, 0.717) is 11.4 Å². The van der Waals surface area contributed by atoms with Crippen LogP contribution in [0.25, 0.3) is 5.69 Å². The van der Waals surface area contributed by atoms with Crippen molar-refractivity contribution in [2.45, 2.75) is 20.4 Å². The van der Waals surface area contributed by atoms with Crippen molar-refractivity contribution >= 4 is 11.6 Å². The predicted octanol–water partition coefficient (Wildman–Crippen LogP) is 3.45. The number of rotatable bonds is 5. The molecule has 0 unspecified atom stereocenters. The lowest BCUT2D eigenvalue weighted by Crippen LogP contribution is -2.45. The summed E-state index contributed by atoms with van der Waals surface area (Å²) >= 11 is 0. The number of benzene rings is 3. The van der Waals surface area contributed by atoms with Crippen LogP contribution in [0, 0.1) is 19.7 Å². The highest BCUT2D eigenvalue weighted by atomic mass is 19.1. The zero-order valence-corrected chi connectivity index (χ0v) is 18.1. The first-order chi connectivity index (χ1) is 15.8. The number of carbonyl (C=O) groups excluding carboxylic acids is 1. The third-order valence-electron chi connectivity index (χ3n) is 5.12. The summed E-state index contributed by atoms with van der Waals surface area (Å²) in [7, 11) is 0. The standard InChI is InChI=1S/C25H21FN4O3/c1-16-3-7-18(8-4-16)15-29-24(32)22(23(31)27-20-11-9-19(26)10-12-20)28-30(25(29)33)21-13-5-17(2)6-14-21/h3-14H,15H2,1-2H3,(H,27,31). The topological polar surface area (TPSA) is 86.0 Å². The van der Waals surface area contributed by atoms with Crippen molar-refractivity contribution in [3.63, 3.8) is 0 Å². The summed E-state index contributed by atoms with van der Waals surface area (Å²) in [6.07, 6.45) is 0. The van der Waals surface area contributed by atoms with Crippen LogP contribution >= 0.6 is 0 Å². The van der Waals surface area contributed by atoms with Crippen LogP contribution in [0.4, 0.5) is 10.1 Å². The molecule has 33 heavy (non-hydrogen) atoms. The Kier molecular flexibility index (Phi) is 5.99. The van der Waals surface area contributed by atoms with Gasteiger partial charge in [-0.3, -0.25) is 14.2 Å². The Balaban J connectivity index is 1.83. The molecule has 0 saturated carbocycles. The van der Waals surface area contributed by atoms with Gasteiger partial charge in [0, 0.05) is 5.69 Å². The Morgan fingerprint density at radius 2 is 1.45 bits per heavy atom. The summed E-state index contributed by atoms with van der Waals surface area (Å²) in [5.41, 5.74) is 1.52. The molecule has 1 amide bonds. The normalized spacial score (nSPS) is 10.8. The molecule has 1 heterocycles. The summed E-state index contributed by atoms with van der Waals surface area (Å²) in [6, 6.07) is 19.5. The number of carbonyl (C=O) groups is 1. The quantitative estimate of drug-likeness (QED) is 0.511. The second-order valence-corrected chi connectivity index (χ2v) is 7.72. The molecule has 0 radical (unpaired) electrons. The van der Waals surface area contributed by atoms with Crippen molar-refractivity contribution in [1.29, 1.82) is 0 Å². The van der Waals surface area contributed by atoms with Gasteiger partial charge in [0.1, 0.15) is 5.82 Å². The number of anilines is 1. The molecule has 0 spiro atoms. The lowest BCUT2D eigenvalue weighted by molar-refractivity contribution is 0.101. The smallest absolute Gasteiger partial charge is 0.320 e. The van der Waals surface area contributed by atoms with Crippen molar-refractivity contribution in [2.75, 3.05) is 5.32 Å². The molecule has 7 nitrogen and oxygen atoms in total. The molecule has 8 heteroatoms. The first kappa shape index (κ1) is 21.9. The second-order valence-electron chi connectivity index (χ2n) is 7.72. The zero-order chi connectivity index (χ0) is 23.5. The van der Waals surface area contributed by atoms with Gasteiger partial charge in [0.2, 0.25) is 5.69 Å². The van der Waals surface area contributed by atoms with Crippen LogP contribution < -0.4 is 16.6 Å². The van der Waals surface area contributed by atoms with E-state index in [1.165, 1.54) is 24.3 Å². The number of amides is 1. The van der Waals surface area contributed by atoms with E-state index in [1.807, 2.05) is 38.1 Å². The highest BCUT2D eigenvalue weighted by Crippen LogP contribution is 2.10. The van der Waals surface area contributed by atoms with E-state index in [4.69, 9.17) is 0 Å². The number of aromatic nitrogens is 3. The number of hydrogen-bond acceptors (Lipinski definition) is 4. The number of nitrogens with one attached hydrogen (secondary N) is 1. The fraction of sp³-hybridized carbons (Fsp3) is 0.120. The minimum atomic E-state index is -0.816. The van der Waals surface area contributed by atoms with E-state index in [9.17, 15) is 18.8 Å². The van der Waals surface area contributed by atoms with Gasteiger partial charge in [-0.05, 0) is 55.8 Å². The lowest BCUT2D eigenvalue weighted by Gasteiger charge is -2.13. The summed E-state index contributed by atoms with van der Waals surface area (Å²) in [5, 5.41) is 6.62. The minimum Gasteiger partial charge on any atom is -0.320 e. The molecule has 0 aliphatic carbocycles. The van der Waals surface area contributed by atoms with E-state index >= 15 is 0 Å². The van der Waals surface area contributed by atoms with Gasteiger partial charge in [-0.1, -0.05) is 47.5 Å². The minimum absolute atomic E-state index is 0.0246. The van der Waals surface area contributed by atoms with E-state index < -0.39 is 28.7 Å². The molecular formula is C25H21FN4O3. The molecule has 0 aliphatic heterocycles. The largest absolute Gasteiger partial charge is 0.352 e. The van der Waals surface area contributed by atoms with Gasteiger partial charge >= 0.3 is 5.69 Å². The first-order valence-corrected chi connectivity index (χ1v) is 10.3. The molecule has 3 aromatic carbocycles.